The largest absolute Gasteiger partial charge is 0.395 e. The maximum atomic E-state index is 8.93. The van der Waals surface area contributed by atoms with Gasteiger partial charge in [0.2, 0.25) is 0 Å². The molecule has 0 atom stereocenters. The first-order valence-electron chi connectivity index (χ1n) is 4.93. The summed E-state index contributed by atoms with van der Waals surface area (Å²) in [4.78, 5) is 7.43. The number of anilines is 1. The molecule has 6 heteroatoms. The van der Waals surface area contributed by atoms with Crippen molar-refractivity contribution in [2.75, 3.05) is 18.6 Å². The molecule has 1 aromatic rings. The van der Waals surface area contributed by atoms with Gasteiger partial charge in [0, 0.05) is 30.2 Å². The molecule has 0 amide bonds. The van der Waals surface area contributed by atoms with E-state index in [0.717, 1.165) is 16.6 Å². The number of rotatable bonds is 6. The Bertz CT molecular complexity index is 289. The summed E-state index contributed by atoms with van der Waals surface area (Å²) < 4.78 is 0. The van der Waals surface area contributed by atoms with E-state index >= 15 is 0 Å². The fourth-order valence-corrected chi connectivity index (χ4v) is 2.04. The van der Waals surface area contributed by atoms with E-state index in [4.69, 9.17) is 10.9 Å². The van der Waals surface area contributed by atoms with Crippen molar-refractivity contribution in [1.29, 1.82) is 0 Å². The molecule has 0 aliphatic rings. The van der Waals surface area contributed by atoms with Gasteiger partial charge in [-0.25, -0.2) is 10.8 Å². The van der Waals surface area contributed by atoms with Gasteiger partial charge in [0.25, 0.3) is 0 Å². The minimum atomic E-state index is 0.180. The first-order chi connectivity index (χ1) is 7.17. The van der Waals surface area contributed by atoms with Gasteiger partial charge in [-0.3, -0.25) is 10.3 Å². The molecule has 0 fully saturated rings. The van der Waals surface area contributed by atoms with E-state index in [9.17, 15) is 0 Å². The number of nitrogen functional groups attached to an aromatic ring is 1. The van der Waals surface area contributed by atoms with Crippen LogP contribution in [0.25, 0.3) is 0 Å². The van der Waals surface area contributed by atoms with Crippen LogP contribution in [0, 0.1) is 0 Å². The van der Waals surface area contributed by atoms with Gasteiger partial charge >= 0.3 is 0 Å². The van der Waals surface area contributed by atoms with E-state index < -0.39 is 0 Å². The van der Waals surface area contributed by atoms with Crippen LogP contribution in [0.1, 0.15) is 18.7 Å². The summed E-state index contributed by atoms with van der Waals surface area (Å²) >= 11 is 1.53. The number of nitrogens with one attached hydrogen (secondary N) is 1. The second-order valence-corrected chi connectivity index (χ2v) is 4.68. The second kappa shape index (κ2) is 6.02. The Morgan fingerprint density at radius 3 is 2.87 bits per heavy atom. The van der Waals surface area contributed by atoms with Crippen LogP contribution < -0.4 is 11.3 Å². The fourth-order valence-electron chi connectivity index (χ4n) is 1.30. The Labute approximate surface area is 93.9 Å². The molecule has 0 unspecified atom stereocenters. The Hall–Kier alpha value is -0.690. The molecular weight excluding hydrogens is 212 g/mol. The standard InChI is InChI=1S/C9H18N4OS/c1-7(2)13(3-4-14)6-8-5-11-9(12-10)15-8/h5,7,14H,3-4,6,10H2,1-2H3,(H,11,12). The number of aromatic nitrogens is 1. The Kier molecular flexibility index (Phi) is 4.97. The predicted molar refractivity (Wildman–Crippen MR) is 62.6 cm³/mol. The first-order valence-corrected chi connectivity index (χ1v) is 5.75. The highest BCUT2D eigenvalue weighted by Crippen LogP contribution is 2.19. The molecule has 5 nitrogen and oxygen atoms in total. The molecule has 0 radical (unpaired) electrons. The minimum absolute atomic E-state index is 0.180. The number of nitrogens with two attached hydrogens (primary N) is 1. The lowest BCUT2D eigenvalue weighted by molar-refractivity contribution is 0.160. The van der Waals surface area contributed by atoms with Crippen molar-refractivity contribution in [3.63, 3.8) is 0 Å². The van der Waals surface area contributed by atoms with Crippen molar-refractivity contribution in [2.24, 2.45) is 5.84 Å². The van der Waals surface area contributed by atoms with Gasteiger partial charge in [-0.1, -0.05) is 11.3 Å². The third-order valence-corrected chi connectivity index (χ3v) is 3.07. The molecule has 0 aliphatic heterocycles. The van der Waals surface area contributed by atoms with Crippen molar-refractivity contribution >= 4 is 16.5 Å². The third-order valence-electron chi connectivity index (χ3n) is 2.15. The molecule has 0 saturated heterocycles. The van der Waals surface area contributed by atoms with E-state index in [1.165, 1.54) is 11.3 Å². The van der Waals surface area contributed by atoms with Gasteiger partial charge in [-0.2, -0.15) is 0 Å². The summed E-state index contributed by atoms with van der Waals surface area (Å²) in [7, 11) is 0. The molecular formula is C9H18N4OS. The molecule has 0 aromatic carbocycles. The fraction of sp³-hybridized carbons (Fsp3) is 0.667. The number of thiazole rings is 1. The van der Waals surface area contributed by atoms with E-state index in [0.29, 0.717) is 12.6 Å². The summed E-state index contributed by atoms with van der Waals surface area (Å²) in [5, 5.41) is 9.65. The lowest BCUT2D eigenvalue weighted by Gasteiger charge is -2.24. The minimum Gasteiger partial charge on any atom is -0.395 e. The topological polar surface area (TPSA) is 74.4 Å². The van der Waals surface area contributed by atoms with E-state index in [-0.39, 0.29) is 6.61 Å². The number of nitrogens with zero attached hydrogens (tertiary/aromatic N) is 2. The number of hydrazine groups is 1. The monoisotopic (exact) mass is 230 g/mol. The normalized spacial score (nSPS) is 11.3. The van der Waals surface area contributed by atoms with E-state index in [1.807, 2.05) is 6.20 Å². The number of aliphatic hydroxyl groups is 1. The molecule has 1 heterocycles. The average molecular weight is 230 g/mol. The highest BCUT2D eigenvalue weighted by molar-refractivity contribution is 7.15. The number of hydrogen-bond acceptors (Lipinski definition) is 6. The summed E-state index contributed by atoms with van der Waals surface area (Å²) in [5.74, 6) is 5.26. The summed E-state index contributed by atoms with van der Waals surface area (Å²) in [5.41, 5.74) is 2.52. The SMILES string of the molecule is CC(C)N(CCO)Cc1cnc(NN)s1. The van der Waals surface area contributed by atoms with Crippen LogP contribution in [-0.4, -0.2) is 34.2 Å². The highest BCUT2D eigenvalue weighted by atomic mass is 32.1. The van der Waals surface area contributed by atoms with Gasteiger partial charge < -0.3 is 5.11 Å². The third kappa shape index (κ3) is 3.75. The highest BCUT2D eigenvalue weighted by Gasteiger charge is 2.11. The van der Waals surface area contributed by atoms with Crippen molar-refractivity contribution in [3.05, 3.63) is 11.1 Å². The molecule has 1 aromatic heterocycles. The quantitative estimate of drug-likeness (QED) is 0.494. The zero-order valence-corrected chi connectivity index (χ0v) is 9.92. The smallest absolute Gasteiger partial charge is 0.197 e. The number of hydrogen-bond donors (Lipinski definition) is 3. The summed E-state index contributed by atoms with van der Waals surface area (Å²) in [6.45, 7) is 5.88. The number of aliphatic hydroxyl groups excluding tert-OH is 1. The zero-order valence-electron chi connectivity index (χ0n) is 9.10. The molecule has 86 valence electrons. The van der Waals surface area contributed by atoms with Gasteiger partial charge in [-0.05, 0) is 13.8 Å². The van der Waals surface area contributed by atoms with E-state index in [2.05, 4.69) is 29.2 Å². The predicted octanol–water partition coefficient (Wildman–Crippen LogP) is 0.631. The molecule has 4 N–H and O–H groups in total. The molecule has 0 saturated carbocycles. The van der Waals surface area contributed by atoms with Crippen molar-refractivity contribution in [1.82, 2.24) is 9.88 Å². The molecule has 15 heavy (non-hydrogen) atoms. The lowest BCUT2D eigenvalue weighted by Crippen LogP contribution is -2.32. The molecule has 1 rings (SSSR count). The molecule has 0 aliphatic carbocycles. The van der Waals surface area contributed by atoms with Gasteiger partial charge in [0.05, 0.1) is 6.61 Å². The Morgan fingerprint density at radius 1 is 1.67 bits per heavy atom. The summed E-state index contributed by atoms with van der Waals surface area (Å²) in [6, 6.07) is 0.411. The Morgan fingerprint density at radius 2 is 2.40 bits per heavy atom. The van der Waals surface area contributed by atoms with Crippen molar-refractivity contribution in [2.45, 2.75) is 26.4 Å². The average Bonchev–Trinajstić information content (AvgIpc) is 2.65. The van der Waals surface area contributed by atoms with Crippen molar-refractivity contribution < 1.29 is 5.11 Å². The zero-order chi connectivity index (χ0) is 11.3. The van der Waals surface area contributed by atoms with Gasteiger partial charge in [0.1, 0.15) is 0 Å². The van der Waals surface area contributed by atoms with Crippen LogP contribution >= 0.6 is 11.3 Å². The summed E-state index contributed by atoms with van der Waals surface area (Å²) in [6.07, 6.45) is 1.81. The van der Waals surface area contributed by atoms with Crippen LogP contribution in [0.5, 0.6) is 0 Å². The lowest BCUT2D eigenvalue weighted by atomic mass is 10.3. The van der Waals surface area contributed by atoms with Crippen LogP contribution in [0.3, 0.4) is 0 Å². The van der Waals surface area contributed by atoms with Gasteiger partial charge in [0.15, 0.2) is 5.13 Å². The maximum absolute atomic E-state index is 8.93. The van der Waals surface area contributed by atoms with Crippen LogP contribution in [-0.2, 0) is 6.54 Å². The van der Waals surface area contributed by atoms with Crippen LogP contribution in [0.2, 0.25) is 0 Å². The van der Waals surface area contributed by atoms with Crippen molar-refractivity contribution in [3.8, 4) is 0 Å². The second-order valence-electron chi connectivity index (χ2n) is 3.56. The first kappa shape index (κ1) is 12.4. The maximum Gasteiger partial charge on any atom is 0.197 e. The Balaban J connectivity index is 2.57. The molecule has 0 bridgehead atoms. The van der Waals surface area contributed by atoms with Crippen LogP contribution in [0.15, 0.2) is 6.20 Å². The molecule has 0 spiro atoms. The van der Waals surface area contributed by atoms with E-state index in [1.54, 1.807) is 0 Å². The van der Waals surface area contributed by atoms with Gasteiger partial charge in [-0.15, -0.1) is 0 Å². The van der Waals surface area contributed by atoms with Crippen LogP contribution in [0.4, 0.5) is 5.13 Å².